The first kappa shape index (κ1) is 10.7. The average Bonchev–Trinajstić information content (AvgIpc) is 2.64. The SMILES string of the molecule is Cc1cc(C(N)=S)nc(-n2ccc(C)n2)n1. The van der Waals surface area contributed by atoms with Crippen LogP contribution in [0.15, 0.2) is 18.3 Å². The molecular formula is C10H11N5S. The maximum Gasteiger partial charge on any atom is 0.251 e. The van der Waals surface area contributed by atoms with Crippen molar-refractivity contribution in [1.82, 2.24) is 19.7 Å². The molecule has 0 aliphatic heterocycles. The lowest BCUT2D eigenvalue weighted by Gasteiger charge is -2.04. The van der Waals surface area contributed by atoms with E-state index in [0.717, 1.165) is 11.4 Å². The molecule has 0 aromatic carbocycles. The van der Waals surface area contributed by atoms with E-state index in [0.29, 0.717) is 11.6 Å². The van der Waals surface area contributed by atoms with Crippen molar-refractivity contribution in [2.45, 2.75) is 13.8 Å². The number of hydrogen-bond acceptors (Lipinski definition) is 4. The molecule has 0 bridgehead atoms. The zero-order chi connectivity index (χ0) is 11.7. The zero-order valence-electron chi connectivity index (χ0n) is 9.01. The van der Waals surface area contributed by atoms with Crippen molar-refractivity contribution in [3.63, 3.8) is 0 Å². The Bertz CT molecular complexity index is 546. The Labute approximate surface area is 98.3 Å². The largest absolute Gasteiger partial charge is 0.388 e. The normalized spacial score (nSPS) is 10.4. The van der Waals surface area contributed by atoms with Gasteiger partial charge < -0.3 is 5.73 Å². The van der Waals surface area contributed by atoms with Gasteiger partial charge in [0.15, 0.2) is 0 Å². The smallest absolute Gasteiger partial charge is 0.251 e. The van der Waals surface area contributed by atoms with Crippen LogP contribution >= 0.6 is 12.2 Å². The highest BCUT2D eigenvalue weighted by Crippen LogP contribution is 2.05. The predicted octanol–water partition coefficient (Wildman–Crippen LogP) is 0.913. The summed E-state index contributed by atoms with van der Waals surface area (Å²) < 4.78 is 1.60. The minimum atomic E-state index is 0.260. The number of nitrogens with zero attached hydrogens (tertiary/aromatic N) is 4. The molecule has 2 aromatic rings. The number of hydrogen-bond donors (Lipinski definition) is 1. The predicted molar refractivity (Wildman–Crippen MR) is 64.5 cm³/mol. The van der Waals surface area contributed by atoms with Crippen molar-refractivity contribution in [2.24, 2.45) is 5.73 Å². The van der Waals surface area contributed by atoms with E-state index in [-0.39, 0.29) is 4.99 Å². The summed E-state index contributed by atoms with van der Waals surface area (Å²) in [4.78, 5) is 8.77. The number of nitrogens with two attached hydrogens (primary N) is 1. The van der Waals surface area contributed by atoms with Gasteiger partial charge in [-0.25, -0.2) is 14.6 Å². The molecule has 16 heavy (non-hydrogen) atoms. The second kappa shape index (κ2) is 3.97. The summed E-state index contributed by atoms with van der Waals surface area (Å²) in [6.07, 6.45) is 1.80. The Morgan fingerprint density at radius 1 is 1.31 bits per heavy atom. The van der Waals surface area contributed by atoms with E-state index in [1.54, 1.807) is 16.9 Å². The molecule has 2 N–H and O–H groups in total. The van der Waals surface area contributed by atoms with Crippen molar-refractivity contribution in [3.8, 4) is 5.95 Å². The molecule has 0 spiro atoms. The molecular weight excluding hydrogens is 222 g/mol. The number of aromatic nitrogens is 4. The lowest BCUT2D eigenvalue weighted by atomic mass is 10.3. The quantitative estimate of drug-likeness (QED) is 0.781. The third-order valence-corrected chi connectivity index (χ3v) is 2.23. The van der Waals surface area contributed by atoms with E-state index in [2.05, 4.69) is 15.1 Å². The van der Waals surface area contributed by atoms with E-state index >= 15 is 0 Å². The summed E-state index contributed by atoms with van der Waals surface area (Å²) >= 11 is 4.89. The molecule has 2 aromatic heterocycles. The molecule has 0 saturated carbocycles. The number of thiocarbonyl (C=S) groups is 1. The molecule has 0 aliphatic carbocycles. The van der Waals surface area contributed by atoms with Crippen LogP contribution in [0.4, 0.5) is 0 Å². The zero-order valence-corrected chi connectivity index (χ0v) is 9.82. The van der Waals surface area contributed by atoms with Gasteiger partial charge in [-0.15, -0.1) is 0 Å². The molecule has 82 valence electrons. The number of rotatable bonds is 2. The molecule has 2 heterocycles. The van der Waals surface area contributed by atoms with Crippen LogP contribution in [0.1, 0.15) is 17.1 Å². The highest BCUT2D eigenvalue weighted by molar-refractivity contribution is 7.80. The molecule has 0 saturated heterocycles. The lowest BCUT2D eigenvalue weighted by molar-refractivity contribution is 0.789. The fourth-order valence-electron chi connectivity index (χ4n) is 1.31. The summed E-state index contributed by atoms with van der Waals surface area (Å²) in [7, 11) is 0. The summed E-state index contributed by atoms with van der Waals surface area (Å²) in [5.41, 5.74) is 7.82. The van der Waals surface area contributed by atoms with Gasteiger partial charge in [0, 0.05) is 11.9 Å². The molecule has 0 amide bonds. The topological polar surface area (TPSA) is 69.6 Å². The third-order valence-electron chi connectivity index (χ3n) is 2.02. The highest BCUT2D eigenvalue weighted by Gasteiger charge is 2.06. The van der Waals surface area contributed by atoms with Gasteiger partial charge in [-0.2, -0.15) is 5.10 Å². The van der Waals surface area contributed by atoms with Crippen LogP contribution in [0, 0.1) is 13.8 Å². The first-order valence-electron chi connectivity index (χ1n) is 4.74. The molecule has 2 rings (SSSR count). The molecule has 0 radical (unpaired) electrons. The minimum absolute atomic E-state index is 0.260. The maximum atomic E-state index is 5.55. The van der Waals surface area contributed by atoms with Crippen LogP contribution in [-0.2, 0) is 0 Å². The molecule has 0 aliphatic rings. The van der Waals surface area contributed by atoms with Gasteiger partial charge >= 0.3 is 0 Å². The second-order valence-corrected chi connectivity index (χ2v) is 3.90. The van der Waals surface area contributed by atoms with Crippen molar-refractivity contribution >= 4 is 17.2 Å². The van der Waals surface area contributed by atoms with Gasteiger partial charge in [0.1, 0.15) is 10.7 Å². The van der Waals surface area contributed by atoms with Crippen molar-refractivity contribution in [1.29, 1.82) is 0 Å². The second-order valence-electron chi connectivity index (χ2n) is 3.46. The van der Waals surface area contributed by atoms with Crippen LogP contribution in [0.25, 0.3) is 5.95 Å². The monoisotopic (exact) mass is 233 g/mol. The first-order chi connectivity index (χ1) is 7.56. The van der Waals surface area contributed by atoms with E-state index in [4.69, 9.17) is 18.0 Å². The van der Waals surface area contributed by atoms with Crippen LogP contribution in [0.3, 0.4) is 0 Å². The molecule has 0 atom stereocenters. The van der Waals surface area contributed by atoms with Gasteiger partial charge in [0.25, 0.3) is 5.95 Å². The molecule has 6 heteroatoms. The Kier molecular flexibility index (Phi) is 2.66. The summed E-state index contributed by atoms with van der Waals surface area (Å²) in [5.74, 6) is 0.482. The minimum Gasteiger partial charge on any atom is -0.388 e. The van der Waals surface area contributed by atoms with Gasteiger partial charge in [0.2, 0.25) is 0 Å². The van der Waals surface area contributed by atoms with E-state index in [9.17, 15) is 0 Å². The van der Waals surface area contributed by atoms with Crippen molar-refractivity contribution in [3.05, 3.63) is 35.4 Å². The maximum absolute atomic E-state index is 5.55. The summed E-state index contributed by atoms with van der Waals surface area (Å²) in [5, 5.41) is 4.23. The molecule has 0 fully saturated rings. The summed E-state index contributed by atoms with van der Waals surface area (Å²) in [6.45, 7) is 3.77. The van der Waals surface area contributed by atoms with Crippen LogP contribution in [0.2, 0.25) is 0 Å². The van der Waals surface area contributed by atoms with Crippen molar-refractivity contribution < 1.29 is 0 Å². The Balaban J connectivity index is 2.53. The van der Waals surface area contributed by atoms with Gasteiger partial charge in [-0.1, -0.05) is 12.2 Å². The number of aryl methyl sites for hydroxylation is 2. The average molecular weight is 233 g/mol. The fraction of sp³-hybridized carbons (Fsp3) is 0.200. The highest BCUT2D eigenvalue weighted by atomic mass is 32.1. The first-order valence-corrected chi connectivity index (χ1v) is 5.15. The van der Waals surface area contributed by atoms with E-state index in [1.807, 2.05) is 19.9 Å². The van der Waals surface area contributed by atoms with Gasteiger partial charge in [0.05, 0.1) is 5.69 Å². The van der Waals surface area contributed by atoms with Crippen molar-refractivity contribution in [2.75, 3.05) is 0 Å². The van der Waals surface area contributed by atoms with Crippen LogP contribution in [-0.4, -0.2) is 24.7 Å². The standard InChI is InChI=1S/C10H11N5S/c1-6-3-4-15(14-6)10-12-7(2)5-8(13-10)9(11)16/h3-5H,1-2H3,(H2,11,16). The molecule has 5 nitrogen and oxygen atoms in total. The van der Waals surface area contributed by atoms with E-state index in [1.165, 1.54) is 0 Å². The Hall–Kier alpha value is -1.82. The van der Waals surface area contributed by atoms with Crippen LogP contribution in [0.5, 0.6) is 0 Å². The molecule has 0 unspecified atom stereocenters. The van der Waals surface area contributed by atoms with Crippen LogP contribution < -0.4 is 5.73 Å². The third kappa shape index (κ3) is 2.06. The summed E-state index contributed by atoms with van der Waals surface area (Å²) in [6, 6.07) is 3.63. The Morgan fingerprint density at radius 3 is 2.62 bits per heavy atom. The van der Waals surface area contributed by atoms with Gasteiger partial charge in [-0.3, -0.25) is 0 Å². The Morgan fingerprint density at radius 2 is 2.06 bits per heavy atom. The fourth-order valence-corrected chi connectivity index (χ4v) is 1.41. The van der Waals surface area contributed by atoms with E-state index < -0.39 is 0 Å². The lowest BCUT2D eigenvalue weighted by Crippen LogP contribution is -2.15. The van der Waals surface area contributed by atoms with Gasteiger partial charge in [-0.05, 0) is 26.0 Å².